The predicted molar refractivity (Wildman–Crippen MR) is 90.1 cm³/mol. The van der Waals surface area contributed by atoms with Crippen molar-refractivity contribution >= 4 is 27.7 Å². The van der Waals surface area contributed by atoms with Crippen LogP contribution in [0.1, 0.15) is 16.8 Å². The Labute approximate surface area is 136 Å². The summed E-state index contributed by atoms with van der Waals surface area (Å²) in [6.07, 6.45) is 0.345. The first-order chi connectivity index (χ1) is 11.2. The third-order valence-corrected chi connectivity index (χ3v) is 3.79. The van der Waals surface area contributed by atoms with E-state index in [1.54, 1.807) is 12.9 Å². The quantitative estimate of drug-likeness (QED) is 0.706. The van der Waals surface area contributed by atoms with Crippen molar-refractivity contribution in [2.24, 2.45) is 0 Å². The summed E-state index contributed by atoms with van der Waals surface area (Å²) in [6, 6.07) is 9.63. The summed E-state index contributed by atoms with van der Waals surface area (Å²) in [6.45, 7) is 1.26. The van der Waals surface area contributed by atoms with Crippen LogP contribution in [0.15, 0.2) is 30.3 Å². The fourth-order valence-electron chi connectivity index (χ4n) is 2.64. The highest BCUT2D eigenvalue weighted by Gasteiger charge is 2.26. The van der Waals surface area contributed by atoms with Gasteiger partial charge in [0.25, 0.3) is 0 Å². The molecule has 0 bridgehead atoms. The molecule has 8 heteroatoms. The molecule has 2 heterocycles. The van der Waals surface area contributed by atoms with Gasteiger partial charge in [0.1, 0.15) is 6.61 Å². The molecule has 3 rings (SSSR count). The summed E-state index contributed by atoms with van der Waals surface area (Å²) in [5.74, 6) is 0.535. The van der Waals surface area contributed by atoms with Crippen molar-refractivity contribution in [1.29, 1.82) is 0 Å². The average molecular weight is 309 g/mol. The number of amides is 1. The predicted octanol–water partition coefficient (Wildman–Crippen LogP) is -0.643. The van der Waals surface area contributed by atoms with E-state index in [0.29, 0.717) is 31.1 Å². The molecule has 0 saturated heterocycles. The number of aromatic nitrogens is 2. The monoisotopic (exact) mass is 309 g/mol. The number of hydrogen-bond donors (Lipinski definition) is 0. The van der Waals surface area contributed by atoms with Crippen LogP contribution in [-0.2, 0) is 24.3 Å². The highest BCUT2D eigenvalue weighted by atomic mass is 16.6. The molecule has 1 aliphatic rings. The highest BCUT2D eigenvalue weighted by molar-refractivity contribution is 6.29. The number of ether oxygens (including phenoxy) is 1. The number of hydrogen-bond acceptors (Lipinski definition) is 5. The van der Waals surface area contributed by atoms with Gasteiger partial charge in [0.15, 0.2) is 7.85 Å². The Morgan fingerprint density at radius 2 is 2.04 bits per heavy atom. The largest absolute Gasteiger partial charge is 0.555 e. The van der Waals surface area contributed by atoms with Gasteiger partial charge in [0.2, 0.25) is 5.88 Å². The van der Waals surface area contributed by atoms with Crippen molar-refractivity contribution in [3.8, 4) is 5.88 Å². The fourth-order valence-corrected chi connectivity index (χ4v) is 2.64. The molecule has 23 heavy (non-hydrogen) atoms. The summed E-state index contributed by atoms with van der Waals surface area (Å²) in [5.41, 5.74) is 3.46. The topological polar surface area (TPSA) is 64.6 Å². The van der Waals surface area contributed by atoms with Crippen LogP contribution in [0.4, 0.5) is 4.79 Å². The Morgan fingerprint density at radius 1 is 1.26 bits per heavy atom. The maximum atomic E-state index is 12.3. The standard InChI is InChI=1S/C15H17B2N3O3/c16-14-18-12-6-7-20(8-11(12)13(19-14)23-17)15(21)22-9-10-4-2-1-3-5-10/h1-5H,6-9,16-17H2. The van der Waals surface area contributed by atoms with E-state index < -0.39 is 0 Å². The minimum Gasteiger partial charge on any atom is -0.555 e. The van der Waals surface area contributed by atoms with Gasteiger partial charge in [-0.15, -0.1) is 0 Å². The van der Waals surface area contributed by atoms with E-state index in [9.17, 15) is 4.79 Å². The van der Waals surface area contributed by atoms with Crippen LogP contribution in [0.5, 0.6) is 5.88 Å². The first-order valence-electron chi connectivity index (χ1n) is 7.53. The Hall–Kier alpha value is -2.50. The number of benzene rings is 1. The van der Waals surface area contributed by atoms with Gasteiger partial charge >= 0.3 is 14.1 Å². The van der Waals surface area contributed by atoms with Gasteiger partial charge < -0.3 is 14.3 Å². The van der Waals surface area contributed by atoms with Crippen LogP contribution in [0, 0.1) is 0 Å². The van der Waals surface area contributed by atoms with E-state index in [-0.39, 0.29) is 12.7 Å². The van der Waals surface area contributed by atoms with Crippen LogP contribution in [-0.4, -0.2) is 43.4 Å². The second kappa shape index (κ2) is 6.73. The molecule has 1 aliphatic heterocycles. The van der Waals surface area contributed by atoms with Gasteiger partial charge in [-0.2, -0.15) is 0 Å². The third kappa shape index (κ3) is 3.47. The van der Waals surface area contributed by atoms with Crippen molar-refractivity contribution in [3.05, 3.63) is 47.2 Å². The van der Waals surface area contributed by atoms with E-state index in [1.807, 2.05) is 38.2 Å². The summed E-state index contributed by atoms with van der Waals surface area (Å²) >= 11 is 0. The van der Waals surface area contributed by atoms with Gasteiger partial charge in [-0.05, 0) is 5.56 Å². The molecule has 0 N–H and O–H groups in total. The summed E-state index contributed by atoms with van der Waals surface area (Å²) in [5, 5.41) is 0. The lowest BCUT2D eigenvalue weighted by molar-refractivity contribution is 0.0913. The van der Waals surface area contributed by atoms with E-state index in [4.69, 9.17) is 9.39 Å². The lowest BCUT2D eigenvalue weighted by Crippen LogP contribution is -2.38. The lowest BCUT2D eigenvalue weighted by atomic mass is 10.0. The Bertz CT molecular complexity index is 695. The molecule has 6 nitrogen and oxygen atoms in total. The maximum absolute atomic E-state index is 12.3. The van der Waals surface area contributed by atoms with Crippen LogP contribution < -0.4 is 10.4 Å². The molecular weight excluding hydrogens is 292 g/mol. The SMILES string of the molecule is BOc1nc(B)nc2c1CN(C(=O)OCc1ccccc1)CC2. The molecule has 0 radical (unpaired) electrons. The van der Waals surface area contributed by atoms with Gasteiger partial charge in [-0.3, -0.25) is 0 Å². The smallest absolute Gasteiger partial charge is 0.410 e. The Morgan fingerprint density at radius 3 is 2.78 bits per heavy atom. The molecule has 2 aromatic rings. The second-order valence-corrected chi connectivity index (χ2v) is 5.42. The van der Waals surface area contributed by atoms with Crippen molar-refractivity contribution in [2.45, 2.75) is 19.6 Å². The molecule has 0 unspecified atom stereocenters. The number of carbonyl (C=O) groups excluding carboxylic acids is 1. The Kier molecular flexibility index (Phi) is 4.50. The summed E-state index contributed by atoms with van der Waals surface area (Å²) < 4.78 is 10.7. The summed E-state index contributed by atoms with van der Waals surface area (Å²) in [4.78, 5) is 22.6. The van der Waals surface area contributed by atoms with Gasteiger partial charge in [-0.1, -0.05) is 30.3 Å². The zero-order valence-electron chi connectivity index (χ0n) is 13.3. The Balaban J connectivity index is 1.68. The highest BCUT2D eigenvalue weighted by Crippen LogP contribution is 2.24. The third-order valence-electron chi connectivity index (χ3n) is 3.79. The molecular formula is C15H17B2N3O3. The molecule has 116 valence electrons. The van der Waals surface area contributed by atoms with Gasteiger partial charge in [0, 0.05) is 13.0 Å². The molecule has 0 fully saturated rings. The zero-order chi connectivity index (χ0) is 16.2. The van der Waals surface area contributed by atoms with Gasteiger partial charge in [-0.25, -0.2) is 14.8 Å². The fraction of sp³-hybridized carbons (Fsp3) is 0.267. The number of nitrogens with zero attached hydrogens (tertiary/aromatic N) is 3. The molecule has 1 amide bonds. The van der Waals surface area contributed by atoms with Crippen LogP contribution in [0.2, 0.25) is 0 Å². The van der Waals surface area contributed by atoms with Crippen molar-refractivity contribution < 1.29 is 14.2 Å². The van der Waals surface area contributed by atoms with Crippen LogP contribution in [0.3, 0.4) is 0 Å². The number of rotatable bonds is 3. The maximum Gasteiger partial charge on any atom is 0.410 e. The average Bonchev–Trinajstić information content (AvgIpc) is 2.59. The lowest BCUT2D eigenvalue weighted by Gasteiger charge is -2.28. The first-order valence-corrected chi connectivity index (χ1v) is 7.53. The molecule has 0 saturated carbocycles. The minimum atomic E-state index is -0.331. The van der Waals surface area contributed by atoms with Crippen LogP contribution in [0.25, 0.3) is 0 Å². The molecule has 1 aromatic heterocycles. The number of fused-ring (bicyclic) bond motifs is 1. The zero-order valence-corrected chi connectivity index (χ0v) is 13.3. The molecule has 0 atom stereocenters. The van der Waals surface area contributed by atoms with E-state index in [0.717, 1.165) is 16.8 Å². The van der Waals surface area contributed by atoms with Crippen molar-refractivity contribution in [2.75, 3.05) is 6.54 Å². The van der Waals surface area contributed by atoms with Crippen molar-refractivity contribution in [1.82, 2.24) is 14.9 Å². The molecule has 0 spiro atoms. The number of carbonyl (C=O) groups is 1. The minimum absolute atomic E-state index is 0.268. The van der Waals surface area contributed by atoms with Gasteiger partial charge in [0.05, 0.1) is 23.5 Å². The normalized spacial score (nSPS) is 13.3. The molecule has 1 aromatic carbocycles. The molecule has 0 aliphatic carbocycles. The van der Waals surface area contributed by atoms with Crippen LogP contribution >= 0.6 is 0 Å². The second-order valence-electron chi connectivity index (χ2n) is 5.42. The van der Waals surface area contributed by atoms with E-state index in [1.165, 1.54) is 0 Å². The van der Waals surface area contributed by atoms with E-state index >= 15 is 0 Å². The summed E-state index contributed by atoms with van der Waals surface area (Å²) in [7, 11) is 3.41. The van der Waals surface area contributed by atoms with E-state index in [2.05, 4.69) is 9.97 Å². The van der Waals surface area contributed by atoms with Crippen molar-refractivity contribution in [3.63, 3.8) is 0 Å². The first kappa shape index (κ1) is 15.4.